The molecular weight excluding hydrogens is 398 g/mol. The number of aliphatic hydroxyl groups excluding tert-OH is 1. The van der Waals surface area contributed by atoms with Crippen LogP contribution in [0.4, 0.5) is 5.69 Å². The molecule has 2 atom stereocenters. The van der Waals surface area contributed by atoms with E-state index in [1.807, 2.05) is 48.7 Å². The largest absolute Gasteiger partial charge is 0.439 e. The maximum Gasteiger partial charge on any atom is 0.219 e. The number of hydrogen-bond acceptors (Lipinski definition) is 5. The normalized spacial score (nSPS) is 17.7. The molecule has 5 heteroatoms. The van der Waals surface area contributed by atoms with Crippen LogP contribution in [-0.2, 0) is 11.8 Å². The number of fused-ring (bicyclic) bond motifs is 1. The predicted molar refractivity (Wildman–Crippen MR) is 126 cm³/mol. The summed E-state index contributed by atoms with van der Waals surface area (Å²) in [5.74, 6) is 1.56. The highest BCUT2D eigenvalue weighted by atomic mass is 16.5. The van der Waals surface area contributed by atoms with Gasteiger partial charge in [-0.15, -0.1) is 0 Å². The lowest BCUT2D eigenvalue weighted by molar-refractivity contribution is 0.175. The van der Waals surface area contributed by atoms with Crippen LogP contribution in [-0.4, -0.2) is 16.3 Å². The molecule has 5 nitrogen and oxygen atoms in total. The molecule has 0 spiro atoms. The number of benzene rings is 2. The molecule has 0 bridgehead atoms. The zero-order valence-electron chi connectivity index (χ0n) is 18.8. The average molecular weight is 428 g/mol. The minimum atomic E-state index is -0.506. The van der Waals surface area contributed by atoms with Crippen LogP contribution in [0.25, 0.3) is 0 Å². The number of ether oxygens (including phenoxy) is 1. The lowest BCUT2D eigenvalue weighted by Crippen LogP contribution is -2.27. The number of anilines is 1. The molecule has 2 unspecified atom stereocenters. The molecule has 3 aromatic rings. The van der Waals surface area contributed by atoms with E-state index in [-0.39, 0.29) is 5.41 Å². The third-order valence-electron chi connectivity index (χ3n) is 5.94. The Bertz CT molecular complexity index is 1130. The van der Waals surface area contributed by atoms with Crippen LogP contribution >= 0.6 is 0 Å². The Labute approximate surface area is 189 Å². The van der Waals surface area contributed by atoms with Crippen LogP contribution in [0.2, 0.25) is 0 Å². The van der Waals surface area contributed by atoms with Crippen molar-refractivity contribution in [3.8, 4) is 17.7 Å². The summed E-state index contributed by atoms with van der Waals surface area (Å²) >= 11 is 0. The van der Waals surface area contributed by atoms with Gasteiger partial charge in [-0.2, -0.15) is 5.26 Å². The molecule has 2 N–H and O–H groups in total. The van der Waals surface area contributed by atoms with E-state index in [4.69, 9.17) is 4.74 Å². The fraction of sp³-hybridized carbons (Fsp3) is 0.333. The molecule has 2 heterocycles. The molecule has 164 valence electrons. The van der Waals surface area contributed by atoms with Crippen molar-refractivity contribution in [2.24, 2.45) is 0 Å². The first kappa shape index (κ1) is 21.9. The third kappa shape index (κ3) is 4.92. The summed E-state index contributed by atoms with van der Waals surface area (Å²) in [7, 11) is 0. The highest BCUT2D eigenvalue weighted by Crippen LogP contribution is 2.37. The monoisotopic (exact) mass is 427 g/mol. The van der Waals surface area contributed by atoms with Gasteiger partial charge in [-0.3, -0.25) is 0 Å². The van der Waals surface area contributed by atoms with Crippen molar-refractivity contribution >= 4 is 5.69 Å². The highest BCUT2D eigenvalue weighted by molar-refractivity contribution is 5.55. The zero-order chi connectivity index (χ0) is 22.7. The molecule has 2 aromatic carbocycles. The van der Waals surface area contributed by atoms with Gasteiger partial charge in [0.2, 0.25) is 5.88 Å². The summed E-state index contributed by atoms with van der Waals surface area (Å²) in [4.78, 5) is 4.51. The number of nitrogens with zero attached hydrogens (tertiary/aromatic N) is 2. The number of aliphatic hydroxyl groups is 1. The van der Waals surface area contributed by atoms with Crippen molar-refractivity contribution in [1.29, 1.82) is 5.26 Å². The van der Waals surface area contributed by atoms with Gasteiger partial charge < -0.3 is 15.2 Å². The van der Waals surface area contributed by atoms with E-state index in [1.54, 1.807) is 6.07 Å². The molecule has 0 saturated heterocycles. The van der Waals surface area contributed by atoms with E-state index in [0.717, 1.165) is 35.4 Å². The Hall–Kier alpha value is -3.36. The topological polar surface area (TPSA) is 78.2 Å². The lowest BCUT2D eigenvalue weighted by Gasteiger charge is -2.30. The fourth-order valence-electron chi connectivity index (χ4n) is 4.24. The van der Waals surface area contributed by atoms with E-state index in [0.29, 0.717) is 23.8 Å². The minimum absolute atomic E-state index is 0.155. The number of aromatic nitrogens is 1. The Morgan fingerprint density at radius 3 is 2.69 bits per heavy atom. The van der Waals surface area contributed by atoms with E-state index in [9.17, 15) is 10.4 Å². The van der Waals surface area contributed by atoms with Crippen molar-refractivity contribution in [3.05, 3.63) is 83.0 Å². The van der Waals surface area contributed by atoms with Crippen LogP contribution in [0, 0.1) is 11.3 Å². The van der Waals surface area contributed by atoms with E-state index in [2.05, 4.69) is 43.2 Å². The van der Waals surface area contributed by atoms with Crippen molar-refractivity contribution in [3.63, 3.8) is 0 Å². The lowest BCUT2D eigenvalue weighted by atomic mass is 9.85. The van der Waals surface area contributed by atoms with Gasteiger partial charge in [0.25, 0.3) is 0 Å². The van der Waals surface area contributed by atoms with Crippen LogP contribution in [0.3, 0.4) is 0 Å². The van der Waals surface area contributed by atoms with Gasteiger partial charge in [0.05, 0.1) is 11.6 Å². The molecule has 0 radical (unpaired) electrons. The van der Waals surface area contributed by atoms with Gasteiger partial charge >= 0.3 is 0 Å². The number of aryl methyl sites for hydroxylation is 1. The molecule has 1 aromatic heterocycles. The minimum Gasteiger partial charge on any atom is -0.439 e. The molecule has 0 fully saturated rings. The van der Waals surface area contributed by atoms with Crippen LogP contribution < -0.4 is 10.1 Å². The van der Waals surface area contributed by atoms with Gasteiger partial charge in [0, 0.05) is 23.5 Å². The first-order valence-corrected chi connectivity index (χ1v) is 11.0. The number of rotatable bonds is 5. The maximum absolute atomic E-state index is 10.2. The first-order valence-electron chi connectivity index (χ1n) is 11.0. The number of hydrogen-bond donors (Lipinski definition) is 2. The Balaban J connectivity index is 1.44. The second-order valence-electron chi connectivity index (χ2n) is 9.40. The summed E-state index contributed by atoms with van der Waals surface area (Å²) < 4.78 is 6.08. The smallest absolute Gasteiger partial charge is 0.219 e. The number of pyridine rings is 1. The molecule has 1 aliphatic rings. The van der Waals surface area contributed by atoms with Gasteiger partial charge in [0.1, 0.15) is 12.0 Å². The number of para-hydroxylation sites is 1. The van der Waals surface area contributed by atoms with E-state index in [1.165, 1.54) is 5.56 Å². The summed E-state index contributed by atoms with van der Waals surface area (Å²) in [6.07, 6.45) is 3.89. The number of nitriles is 1. The standard InChI is InChI=1S/C27H29N3O2/c1-27(2,3)22-14-19(16-28)9-12-24(22)32-26-13-10-18(17-29-26)8-11-20-15-25(31)30-23-7-5-4-6-21(20)23/h4-7,9-10,12-14,17,20,25,30-31H,8,11,15H2,1-3H3. The quantitative estimate of drug-likeness (QED) is 0.530. The van der Waals surface area contributed by atoms with Crippen molar-refractivity contribution in [2.75, 3.05) is 5.32 Å². The van der Waals surface area contributed by atoms with Gasteiger partial charge in [-0.05, 0) is 66.0 Å². The average Bonchev–Trinajstić information content (AvgIpc) is 2.78. The van der Waals surface area contributed by atoms with Crippen molar-refractivity contribution in [2.45, 2.75) is 57.6 Å². The summed E-state index contributed by atoms with van der Waals surface area (Å²) in [6, 6.07) is 19.8. The van der Waals surface area contributed by atoms with Crippen molar-refractivity contribution in [1.82, 2.24) is 4.98 Å². The highest BCUT2D eigenvalue weighted by Gasteiger charge is 2.25. The second kappa shape index (κ2) is 9.02. The molecule has 32 heavy (non-hydrogen) atoms. The van der Waals surface area contributed by atoms with E-state index < -0.39 is 6.23 Å². The summed E-state index contributed by atoms with van der Waals surface area (Å²) in [5, 5.41) is 22.5. The Morgan fingerprint density at radius 2 is 1.97 bits per heavy atom. The molecule has 0 saturated carbocycles. The van der Waals surface area contributed by atoms with Crippen molar-refractivity contribution < 1.29 is 9.84 Å². The maximum atomic E-state index is 10.2. The van der Waals surface area contributed by atoms with Gasteiger partial charge in [-0.1, -0.05) is 45.0 Å². The number of nitrogens with one attached hydrogen (secondary N) is 1. The van der Waals surface area contributed by atoms with Crippen LogP contribution in [0.15, 0.2) is 60.8 Å². The van der Waals surface area contributed by atoms with Crippen LogP contribution in [0.5, 0.6) is 11.6 Å². The Morgan fingerprint density at radius 1 is 1.16 bits per heavy atom. The molecule has 0 aliphatic carbocycles. The zero-order valence-corrected chi connectivity index (χ0v) is 18.8. The molecule has 4 rings (SSSR count). The summed E-state index contributed by atoms with van der Waals surface area (Å²) in [5.41, 5.74) is 4.87. The van der Waals surface area contributed by atoms with Crippen LogP contribution in [0.1, 0.15) is 61.8 Å². The van der Waals surface area contributed by atoms with E-state index >= 15 is 0 Å². The second-order valence-corrected chi connectivity index (χ2v) is 9.40. The summed E-state index contributed by atoms with van der Waals surface area (Å²) in [6.45, 7) is 6.30. The third-order valence-corrected chi connectivity index (χ3v) is 5.94. The first-order chi connectivity index (χ1) is 15.3. The SMILES string of the molecule is CC(C)(C)c1cc(C#N)ccc1Oc1ccc(CCC2CC(O)Nc3ccccc32)cn1. The van der Waals surface area contributed by atoms with Gasteiger partial charge in [-0.25, -0.2) is 4.98 Å². The Kier molecular flexibility index (Phi) is 6.16. The molecular formula is C27H29N3O2. The predicted octanol–water partition coefficient (Wildman–Crippen LogP) is 5.89. The molecule has 0 amide bonds. The fourth-order valence-corrected chi connectivity index (χ4v) is 4.24. The molecule has 1 aliphatic heterocycles. The van der Waals surface area contributed by atoms with Gasteiger partial charge in [0.15, 0.2) is 0 Å².